The van der Waals surface area contributed by atoms with Crippen LogP contribution in [0.3, 0.4) is 0 Å². The van der Waals surface area contributed by atoms with E-state index in [0.29, 0.717) is 18.7 Å². The Morgan fingerprint density at radius 2 is 2.00 bits per heavy atom. The number of aliphatic hydroxyl groups excluding tert-OH is 1. The van der Waals surface area contributed by atoms with Crippen molar-refractivity contribution in [2.75, 3.05) is 23.7 Å². The molecule has 1 aliphatic heterocycles. The number of nitrogen functional groups attached to an aromatic ring is 1. The fourth-order valence-corrected chi connectivity index (χ4v) is 1.81. The highest BCUT2D eigenvalue weighted by atomic mass is 19.1. The number of anilines is 2. The molecule has 0 amide bonds. The van der Waals surface area contributed by atoms with Crippen molar-refractivity contribution in [3.8, 4) is 0 Å². The normalized spacial score (nSPS) is 26.7. The molecule has 0 aliphatic carbocycles. The van der Waals surface area contributed by atoms with E-state index in [1.165, 1.54) is 0 Å². The number of hydrogen-bond acceptors (Lipinski definition) is 3. The molecule has 3 N–H and O–H groups in total. The summed E-state index contributed by atoms with van der Waals surface area (Å²) in [6, 6.07) is 7.35. The number of nitrogens with two attached hydrogens (primary N) is 1. The molecule has 4 heteroatoms. The molecule has 1 aromatic carbocycles. The lowest BCUT2D eigenvalue weighted by Gasteiger charge is -2.33. The van der Waals surface area contributed by atoms with Crippen LogP contribution in [0.25, 0.3) is 0 Å². The Bertz CT molecular complexity index is 328. The van der Waals surface area contributed by atoms with E-state index in [0.717, 1.165) is 5.69 Å². The standard InChI is InChI=1S/C11H15FN2O/c12-10-7-14(6-5-11(10)15)9-3-1-8(13)2-4-9/h1-4,10-11,15H,5-7,13H2. The lowest BCUT2D eigenvalue weighted by atomic mass is 10.1. The van der Waals surface area contributed by atoms with E-state index in [1.807, 2.05) is 17.0 Å². The van der Waals surface area contributed by atoms with Gasteiger partial charge in [0.15, 0.2) is 0 Å². The third-order valence-electron chi connectivity index (χ3n) is 2.77. The largest absolute Gasteiger partial charge is 0.399 e. The molecule has 1 aliphatic rings. The Kier molecular flexibility index (Phi) is 2.77. The number of benzene rings is 1. The molecular weight excluding hydrogens is 195 g/mol. The van der Waals surface area contributed by atoms with Crippen LogP contribution in [-0.2, 0) is 0 Å². The number of rotatable bonds is 1. The zero-order valence-electron chi connectivity index (χ0n) is 8.44. The lowest BCUT2D eigenvalue weighted by molar-refractivity contribution is 0.0615. The molecule has 2 atom stereocenters. The molecule has 15 heavy (non-hydrogen) atoms. The number of nitrogens with zero attached hydrogens (tertiary/aromatic N) is 1. The summed E-state index contributed by atoms with van der Waals surface area (Å²) in [5, 5.41) is 9.26. The summed E-state index contributed by atoms with van der Waals surface area (Å²) in [5.41, 5.74) is 7.23. The molecule has 1 saturated heterocycles. The van der Waals surface area contributed by atoms with Crippen LogP contribution in [0.1, 0.15) is 6.42 Å². The van der Waals surface area contributed by atoms with E-state index >= 15 is 0 Å². The van der Waals surface area contributed by atoms with Gasteiger partial charge in [-0.1, -0.05) is 0 Å². The van der Waals surface area contributed by atoms with Crippen LogP contribution in [0.15, 0.2) is 24.3 Å². The van der Waals surface area contributed by atoms with Gasteiger partial charge >= 0.3 is 0 Å². The third-order valence-corrected chi connectivity index (χ3v) is 2.77. The van der Waals surface area contributed by atoms with Crippen molar-refractivity contribution in [2.24, 2.45) is 0 Å². The maximum absolute atomic E-state index is 13.3. The zero-order chi connectivity index (χ0) is 10.8. The van der Waals surface area contributed by atoms with Crippen LogP contribution < -0.4 is 10.6 Å². The molecule has 3 nitrogen and oxygen atoms in total. The number of alkyl halides is 1. The number of halogens is 1. The van der Waals surface area contributed by atoms with E-state index in [4.69, 9.17) is 5.73 Å². The van der Waals surface area contributed by atoms with Gasteiger partial charge in [0, 0.05) is 17.9 Å². The molecule has 1 aromatic rings. The van der Waals surface area contributed by atoms with Crippen LogP contribution in [0, 0.1) is 0 Å². The maximum atomic E-state index is 13.3. The second kappa shape index (κ2) is 4.06. The smallest absolute Gasteiger partial charge is 0.143 e. The average Bonchev–Trinajstić information content (AvgIpc) is 2.23. The Labute approximate surface area is 88.3 Å². The minimum absolute atomic E-state index is 0.255. The van der Waals surface area contributed by atoms with Crippen LogP contribution in [0.5, 0.6) is 0 Å². The van der Waals surface area contributed by atoms with Gasteiger partial charge in [0.05, 0.1) is 12.6 Å². The van der Waals surface area contributed by atoms with Crippen LogP contribution >= 0.6 is 0 Å². The summed E-state index contributed by atoms with van der Waals surface area (Å²) in [6.07, 6.45) is -1.49. The predicted octanol–water partition coefficient (Wildman–Crippen LogP) is 1.18. The molecule has 2 rings (SSSR count). The molecule has 0 radical (unpaired) electrons. The first kappa shape index (κ1) is 10.2. The van der Waals surface area contributed by atoms with Gasteiger partial charge < -0.3 is 15.7 Å². The Balaban J connectivity index is 2.08. The molecule has 1 heterocycles. The fraction of sp³-hybridized carbons (Fsp3) is 0.455. The van der Waals surface area contributed by atoms with Gasteiger partial charge in [0.2, 0.25) is 0 Å². The van der Waals surface area contributed by atoms with Gasteiger partial charge in [-0.15, -0.1) is 0 Å². The molecular formula is C11H15FN2O. The van der Waals surface area contributed by atoms with E-state index in [9.17, 15) is 9.50 Å². The first-order chi connectivity index (χ1) is 7.16. The number of hydrogen-bond donors (Lipinski definition) is 2. The third kappa shape index (κ3) is 2.21. The van der Waals surface area contributed by atoms with Gasteiger partial charge in [0.1, 0.15) is 6.17 Å². The van der Waals surface area contributed by atoms with Gasteiger partial charge in [-0.3, -0.25) is 0 Å². The average molecular weight is 210 g/mol. The number of aliphatic hydroxyl groups is 1. The monoisotopic (exact) mass is 210 g/mol. The second-order valence-corrected chi connectivity index (χ2v) is 3.91. The van der Waals surface area contributed by atoms with Crippen LogP contribution in [0.2, 0.25) is 0 Å². The topological polar surface area (TPSA) is 49.5 Å². The molecule has 0 bridgehead atoms. The highest BCUT2D eigenvalue weighted by Crippen LogP contribution is 2.22. The summed E-state index contributed by atoms with van der Waals surface area (Å²) >= 11 is 0. The summed E-state index contributed by atoms with van der Waals surface area (Å²) in [5.74, 6) is 0. The fourth-order valence-electron chi connectivity index (χ4n) is 1.81. The van der Waals surface area contributed by atoms with Gasteiger partial charge in [-0.25, -0.2) is 4.39 Å². The Morgan fingerprint density at radius 3 is 2.60 bits per heavy atom. The molecule has 1 fully saturated rings. The van der Waals surface area contributed by atoms with Crippen molar-refractivity contribution in [3.63, 3.8) is 0 Å². The van der Waals surface area contributed by atoms with E-state index in [-0.39, 0.29) is 6.54 Å². The van der Waals surface area contributed by atoms with Crippen molar-refractivity contribution in [1.29, 1.82) is 0 Å². The summed E-state index contributed by atoms with van der Waals surface area (Å²) in [7, 11) is 0. The quantitative estimate of drug-likeness (QED) is 0.684. The summed E-state index contributed by atoms with van der Waals surface area (Å²) in [6.45, 7) is 0.941. The summed E-state index contributed by atoms with van der Waals surface area (Å²) in [4.78, 5) is 1.93. The second-order valence-electron chi connectivity index (χ2n) is 3.91. The van der Waals surface area contributed by atoms with Crippen molar-refractivity contribution >= 4 is 11.4 Å². The van der Waals surface area contributed by atoms with Gasteiger partial charge in [-0.05, 0) is 30.7 Å². The van der Waals surface area contributed by atoms with Crippen molar-refractivity contribution < 1.29 is 9.50 Å². The van der Waals surface area contributed by atoms with Gasteiger partial charge in [-0.2, -0.15) is 0 Å². The SMILES string of the molecule is Nc1ccc(N2CCC(O)C(F)C2)cc1. The number of piperidine rings is 1. The van der Waals surface area contributed by atoms with E-state index in [2.05, 4.69) is 0 Å². The Morgan fingerprint density at radius 1 is 1.33 bits per heavy atom. The highest BCUT2D eigenvalue weighted by molar-refractivity contribution is 5.53. The van der Waals surface area contributed by atoms with E-state index in [1.54, 1.807) is 12.1 Å². The van der Waals surface area contributed by atoms with Gasteiger partial charge in [0.25, 0.3) is 0 Å². The molecule has 0 spiro atoms. The molecule has 0 aromatic heterocycles. The predicted molar refractivity (Wildman–Crippen MR) is 58.6 cm³/mol. The first-order valence-corrected chi connectivity index (χ1v) is 5.09. The lowest BCUT2D eigenvalue weighted by Crippen LogP contribution is -2.44. The first-order valence-electron chi connectivity index (χ1n) is 5.09. The highest BCUT2D eigenvalue weighted by Gasteiger charge is 2.27. The minimum atomic E-state index is -1.16. The van der Waals surface area contributed by atoms with Crippen molar-refractivity contribution in [2.45, 2.75) is 18.7 Å². The zero-order valence-corrected chi connectivity index (χ0v) is 8.44. The van der Waals surface area contributed by atoms with Crippen LogP contribution in [0.4, 0.5) is 15.8 Å². The molecule has 0 saturated carbocycles. The maximum Gasteiger partial charge on any atom is 0.143 e. The molecule has 82 valence electrons. The molecule has 2 unspecified atom stereocenters. The van der Waals surface area contributed by atoms with E-state index < -0.39 is 12.3 Å². The van der Waals surface area contributed by atoms with Crippen molar-refractivity contribution in [1.82, 2.24) is 0 Å². The van der Waals surface area contributed by atoms with Crippen molar-refractivity contribution in [3.05, 3.63) is 24.3 Å². The minimum Gasteiger partial charge on any atom is -0.399 e. The van der Waals surface area contributed by atoms with Crippen LogP contribution in [-0.4, -0.2) is 30.5 Å². The Hall–Kier alpha value is -1.29. The summed E-state index contributed by atoms with van der Waals surface area (Å²) < 4.78 is 13.3.